The average molecular weight is 139 g/mol. The van der Waals surface area contributed by atoms with Gasteiger partial charge < -0.3 is 5.32 Å². The molecule has 2 aliphatic rings. The van der Waals surface area contributed by atoms with E-state index < -0.39 is 0 Å². The maximum absolute atomic E-state index is 11.0. The van der Waals surface area contributed by atoms with Gasteiger partial charge in [0.2, 0.25) is 0 Å². The largest absolute Gasteiger partial charge is 0.316 e. The molecule has 1 heterocycles. The quantitative estimate of drug-likeness (QED) is 0.531. The fourth-order valence-corrected chi connectivity index (χ4v) is 2.17. The van der Waals surface area contributed by atoms with Gasteiger partial charge in [-0.25, -0.2) is 0 Å². The topological polar surface area (TPSA) is 29.1 Å². The first-order valence-electron chi connectivity index (χ1n) is 4.07. The fraction of sp³-hybridized carbons (Fsp3) is 0.875. The van der Waals surface area contributed by atoms with Crippen LogP contribution in [0, 0.1) is 11.8 Å². The van der Waals surface area contributed by atoms with Crippen LogP contribution in [0.1, 0.15) is 19.3 Å². The molecule has 1 N–H and O–H groups in total. The first kappa shape index (κ1) is 6.35. The highest BCUT2D eigenvalue weighted by Crippen LogP contribution is 2.28. The second-order valence-corrected chi connectivity index (χ2v) is 3.57. The van der Waals surface area contributed by atoms with E-state index in [1.165, 1.54) is 6.42 Å². The molecule has 0 radical (unpaired) electrons. The lowest BCUT2D eigenvalue weighted by molar-refractivity contribution is -0.123. The molecular formula is C8H13NO. The molecule has 0 aromatic heterocycles. The van der Waals surface area contributed by atoms with E-state index in [9.17, 15) is 4.79 Å². The van der Waals surface area contributed by atoms with Crippen LogP contribution in [0.25, 0.3) is 0 Å². The second kappa shape index (κ2) is 2.35. The van der Waals surface area contributed by atoms with Crippen LogP contribution in [0.2, 0.25) is 0 Å². The van der Waals surface area contributed by atoms with Gasteiger partial charge in [-0.2, -0.15) is 0 Å². The first-order valence-corrected chi connectivity index (χ1v) is 4.07. The highest BCUT2D eigenvalue weighted by atomic mass is 16.1. The zero-order chi connectivity index (χ0) is 6.97. The number of ketones is 1. The van der Waals surface area contributed by atoms with Crippen molar-refractivity contribution in [3.8, 4) is 0 Å². The Kier molecular flexibility index (Phi) is 1.49. The molecule has 0 aromatic rings. The number of Topliss-reactive ketones (excluding diaryl/α,β-unsaturated/α-hetero) is 1. The highest BCUT2D eigenvalue weighted by Gasteiger charge is 2.29. The monoisotopic (exact) mass is 139 g/mol. The van der Waals surface area contributed by atoms with Gasteiger partial charge in [0, 0.05) is 12.8 Å². The van der Waals surface area contributed by atoms with Crippen molar-refractivity contribution in [1.29, 1.82) is 0 Å². The molecule has 0 amide bonds. The van der Waals surface area contributed by atoms with E-state index in [4.69, 9.17) is 0 Å². The second-order valence-electron chi connectivity index (χ2n) is 3.57. The summed E-state index contributed by atoms with van der Waals surface area (Å²) in [5.41, 5.74) is 0. The summed E-state index contributed by atoms with van der Waals surface area (Å²) >= 11 is 0. The third-order valence-electron chi connectivity index (χ3n) is 2.57. The molecule has 1 aliphatic heterocycles. The molecule has 2 nitrogen and oxygen atoms in total. The van der Waals surface area contributed by atoms with E-state index in [-0.39, 0.29) is 0 Å². The molecule has 2 unspecified atom stereocenters. The van der Waals surface area contributed by atoms with Gasteiger partial charge in [-0.15, -0.1) is 0 Å². The predicted octanol–water partition coefficient (Wildman–Crippen LogP) is 0.575. The van der Waals surface area contributed by atoms with Crippen molar-refractivity contribution >= 4 is 5.78 Å². The molecule has 1 aliphatic carbocycles. The van der Waals surface area contributed by atoms with Crippen LogP contribution in [0.15, 0.2) is 0 Å². The lowest BCUT2D eigenvalue weighted by Gasteiger charge is -2.33. The number of piperidine rings is 1. The Hall–Kier alpha value is -0.370. The standard InChI is InChI=1S/C8H13NO/c10-8-2-6-1-7(3-8)5-9-4-6/h6-7,9H,1-5H2. The molecule has 1 saturated heterocycles. The van der Waals surface area contributed by atoms with Crippen molar-refractivity contribution in [2.24, 2.45) is 11.8 Å². The Balaban J connectivity index is 2.05. The molecule has 2 rings (SSSR count). The van der Waals surface area contributed by atoms with Crippen LogP contribution in [0.4, 0.5) is 0 Å². The Morgan fingerprint density at radius 1 is 1.20 bits per heavy atom. The summed E-state index contributed by atoms with van der Waals surface area (Å²) in [5.74, 6) is 1.82. The van der Waals surface area contributed by atoms with Crippen LogP contribution in [0.5, 0.6) is 0 Å². The molecule has 1 saturated carbocycles. The van der Waals surface area contributed by atoms with Gasteiger partial charge in [-0.05, 0) is 31.3 Å². The van der Waals surface area contributed by atoms with Crippen LogP contribution in [-0.2, 0) is 4.79 Å². The summed E-state index contributed by atoms with van der Waals surface area (Å²) in [5, 5.41) is 3.36. The van der Waals surface area contributed by atoms with Gasteiger partial charge in [0.25, 0.3) is 0 Å². The van der Waals surface area contributed by atoms with Gasteiger partial charge in [0.1, 0.15) is 5.78 Å². The predicted molar refractivity (Wildman–Crippen MR) is 38.7 cm³/mol. The molecule has 56 valence electrons. The number of hydrogen-bond donors (Lipinski definition) is 1. The maximum atomic E-state index is 11.0. The van der Waals surface area contributed by atoms with Crippen LogP contribution in [-0.4, -0.2) is 18.9 Å². The van der Waals surface area contributed by atoms with Gasteiger partial charge in [0.05, 0.1) is 0 Å². The van der Waals surface area contributed by atoms with Crippen molar-refractivity contribution in [3.05, 3.63) is 0 Å². The SMILES string of the molecule is O=C1CC2CNCC(C1)C2. The molecule has 0 aromatic carbocycles. The van der Waals surface area contributed by atoms with Gasteiger partial charge in [-0.1, -0.05) is 0 Å². The van der Waals surface area contributed by atoms with Crippen molar-refractivity contribution in [2.75, 3.05) is 13.1 Å². The summed E-state index contributed by atoms with van der Waals surface area (Å²) in [6.45, 7) is 2.14. The lowest BCUT2D eigenvalue weighted by Crippen LogP contribution is -2.41. The highest BCUT2D eigenvalue weighted by molar-refractivity contribution is 5.79. The van der Waals surface area contributed by atoms with Crippen molar-refractivity contribution in [1.82, 2.24) is 5.32 Å². The van der Waals surface area contributed by atoms with E-state index in [2.05, 4.69) is 5.32 Å². The lowest BCUT2D eigenvalue weighted by atomic mass is 9.78. The van der Waals surface area contributed by atoms with E-state index in [0.717, 1.165) is 25.9 Å². The van der Waals surface area contributed by atoms with Crippen molar-refractivity contribution < 1.29 is 4.79 Å². The van der Waals surface area contributed by atoms with E-state index in [1.54, 1.807) is 0 Å². The Labute approximate surface area is 61.0 Å². The molecule has 10 heavy (non-hydrogen) atoms. The molecule has 2 atom stereocenters. The van der Waals surface area contributed by atoms with Crippen LogP contribution in [0.3, 0.4) is 0 Å². The zero-order valence-corrected chi connectivity index (χ0v) is 6.10. The van der Waals surface area contributed by atoms with Crippen LogP contribution < -0.4 is 5.32 Å². The zero-order valence-electron chi connectivity index (χ0n) is 6.10. The van der Waals surface area contributed by atoms with Crippen molar-refractivity contribution in [3.63, 3.8) is 0 Å². The normalized spacial score (nSPS) is 39.8. The van der Waals surface area contributed by atoms with E-state index >= 15 is 0 Å². The Morgan fingerprint density at radius 2 is 1.80 bits per heavy atom. The number of fused-ring (bicyclic) bond motifs is 2. The number of nitrogens with one attached hydrogen (secondary N) is 1. The number of carbonyl (C=O) groups excluding carboxylic acids is 1. The van der Waals surface area contributed by atoms with Gasteiger partial charge >= 0.3 is 0 Å². The number of rotatable bonds is 0. The summed E-state index contributed by atoms with van der Waals surface area (Å²) in [6.07, 6.45) is 2.96. The molecule has 2 bridgehead atoms. The maximum Gasteiger partial charge on any atom is 0.133 e. The van der Waals surface area contributed by atoms with E-state index in [0.29, 0.717) is 17.6 Å². The third-order valence-corrected chi connectivity index (χ3v) is 2.57. The summed E-state index contributed by atoms with van der Waals surface area (Å²) < 4.78 is 0. The minimum Gasteiger partial charge on any atom is -0.316 e. The first-order chi connectivity index (χ1) is 4.84. The summed E-state index contributed by atoms with van der Waals surface area (Å²) in [6, 6.07) is 0. The molecule has 2 heteroatoms. The average Bonchev–Trinajstić information content (AvgIpc) is 1.85. The Morgan fingerprint density at radius 3 is 2.40 bits per heavy atom. The molecule has 2 fully saturated rings. The van der Waals surface area contributed by atoms with Gasteiger partial charge in [-0.3, -0.25) is 4.79 Å². The minimum atomic E-state index is 0.489. The third kappa shape index (κ3) is 1.08. The number of hydrogen-bond acceptors (Lipinski definition) is 2. The van der Waals surface area contributed by atoms with Crippen molar-refractivity contribution in [2.45, 2.75) is 19.3 Å². The Bertz CT molecular complexity index is 141. The molecule has 0 spiro atoms. The molecular weight excluding hydrogens is 126 g/mol. The number of carbonyl (C=O) groups is 1. The smallest absolute Gasteiger partial charge is 0.133 e. The summed E-state index contributed by atoms with van der Waals surface area (Å²) in [4.78, 5) is 11.0. The van der Waals surface area contributed by atoms with Crippen LogP contribution >= 0.6 is 0 Å². The van der Waals surface area contributed by atoms with E-state index in [1.807, 2.05) is 0 Å². The summed E-state index contributed by atoms with van der Waals surface area (Å²) in [7, 11) is 0. The fourth-order valence-electron chi connectivity index (χ4n) is 2.17. The van der Waals surface area contributed by atoms with Gasteiger partial charge in [0.15, 0.2) is 0 Å². The minimum absolute atomic E-state index is 0.489.